The summed E-state index contributed by atoms with van der Waals surface area (Å²) in [6, 6.07) is 3.48. The van der Waals surface area contributed by atoms with Gasteiger partial charge in [-0.3, -0.25) is 10.2 Å². The van der Waals surface area contributed by atoms with Crippen LogP contribution >= 0.6 is 0 Å². The van der Waals surface area contributed by atoms with E-state index in [4.69, 9.17) is 0 Å². The molecule has 7 heteroatoms. The summed E-state index contributed by atoms with van der Waals surface area (Å²) in [6.45, 7) is 5.76. The zero-order valence-corrected chi connectivity index (χ0v) is 15.5. The molecule has 3 aliphatic rings. The second-order valence-corrected chi connectivity index (χ2v) is 7.87. The fourth-order valence-corrected chi connectivity index (χ4v) is 4.30. The molecule has 142 valence electrons. The average Bonchev–Trinajstić information content (AvgIpc) is 3.27. The Balaban J connectivity index is 1.31. The fraction of sp³-hybridized carbons (Fsp3) is 0.632. The van der Waals surface area contributed by atoms with Crippen molar-refractivity contribution in [3.63, 3.8) is 0 Å². The van der Waals surface area contributed by atoms with E-state index in [2.05, 4.69) is 33.0 Å². The molecule has 4 rings (SSSR count). The number of aryl methyl sites for hydroxylation is 1. The Bertz CT molecular complexity index is 658. The number of benzene rings is 1. The molecule has 0 saturated carbocycles. The van der Waals surface area contributed by atoms with E-state index in [0.717, 1.165) is 50.3 Å². The molecule has 3 aliphatic heterocycles. The molecule has 3 heterocycles. The highest BCUT2D eigenvalue weighted by Crippen LogP contribution is 2.31. The lowest BCUT2D eigenvalue weighted by Crippen LogP contribution is -2.48. The Kier molecular flexibility index (Phi) is 4.86. The molecule has 0 bridgehead atoms. The number of rotatable bonds is 3. The van der Waals surface area contributed by atoms with E-state index in [9.17, 15) is 9.18 Å². The number of halogens is 1. The summed E-state index contributed by atoms with van der Waals surface area (Å²) < 4.78 is 14.0. The monoisotopic (exact) mass is 361 g/mol. The minimum absolute atomic E-state index is 0.0444. The predicted octanol–water partition coefficient (Wildman–Crippen LogP) is 0.870. The summed E-state index contributed by atoms with van der Waals surface area (Å²) in [5.41, 5.74) is 5.83. The second-order valence-electron chi connectivity index (χ2n) is 7.87. The van der Waals surface area contributed by atoms with Gasteiger partial charge in [0.1, 0.15) is 11.9 Å². The maximum atomic E-state index is 14.0. The van der Waals surface area contributed by atoms with Gasteiger partial charge >= 0.3 is 0 Å². The van der Waals surface area contributed by atoms with Gasteiger partial charge < -0.3 is 15.5 Å². The number of carbonyl (C=O) groups is 1. The smallest absolute Gasteiger partial charge is 0.243 e. The van der Waals surface area contributed by atoms with Gasteiger partial charge in [0.2, 0.25) is 5.91 Å². The van der Waals surface area contributed by atoms with Gasteiger partial charge in [0.05, 0.1) is 6.04 Å². The van der Waals surface area contributed by atoms with Crippen molar-refractivity contribution in [1.29, 1.82) is 0 Å². The highest BCUT2D eigenvalue weighted by molar-refractivity contribution is 5.88. The van der Waals surface area contributed by atoms with Crippen LogP contribution in [0.25, 0.3) is 0 Å². The summed E-state index contributed by atoms with van der Waals surface area (Å²) in [7, 11) is 2.16. The zero-order chi connectivity index (χ0) is 18.3. The largest absolute Gasteiger partial charge is 0.373 e. The first-order valence-corrected chi connectivity index (χ1v) is 9.55. The average molecular weight is 361 g/mol. The van der Waals surface area contributed by atoms with Crippen LogP contribution in [-0.2, 0) is 11.2 Å². The van der Waals surface area contributed by atoms with Crippen LogP contribution < -0.4 is 16.1 Å². The molecule has 0 aliphatic carbocycles. The van der Waals surface area contributed by atoms with Gasteiger partial charge in [-0.25, -0.2) is 9.40 Å². The van der Waals surface area contributed by atoms with Crippen molar-refractivity contribution in [2.45, 2.75) is 44.3 Å². The molecule has 2 fully saturated rings. The molecule has 0 spiro atoms. The summed E-state index contributed by atoms with van der Waals surface area (Å²) in [6.07, 6.45) is 2.72. The molecule has 0 radical (unpaired) electrons. The molecular formula is C19H28FN5O. The fourth-order valence-electron chi connectivity index (χ4n) is 4.30. The van der Waals surface area contributed by atoms with Crippen molar-refractivity contribution >= 4 is 11.6 Å². The predicted molar refractivity (Wildman–Crippen MR) is 99.4 cm³/mol. The standard InChI is InChI=1S/C19H28FN5O/c1-12-3-4-16(20)15-9-17(23-18(12)15)19(26)22-13-10-21-25(11-13)14-5-7-24(2)8-6-14/h3-4,13-14,17,21,23H,5-11H2,1-2H3,(H,22,26). The van der Waals surface area contributed by atoms with Gasteiger partial charge in [0.25, 0.3) is 0 Å². The number of nitrogens with zero attached hydrogens (tertiary/aromatic N) is 2. The quantitative estimate of drug-likeness (QED) is 0.746. The molecule has 3 N–H and O–H groups in total. The van der Waals surface area contributed by atoms with Crippen LogP contribution in [0, 0.1) is 12.7 Å². The first kappa shape index (κ1) is 17.7. The minimum atomic E-state index is -0.391. The topological polar surface area (TPSA) is 59.6 Å². The summed E-state index contributed by atoms with van der Waals surface area (Å²) in [5, 5.41) is 8.63. The summed E-state index contributed by atoms with van der Waals surface area (Å²) >= 11 is 0. The Labute approximate surface area is 154 Å². The molecule has 1 aromatic rings. The van der Waals surface area contributed by atoms with Crippen molar-refractivity contribution < 1.29 is 9.18 Å². The van der Waals surface area contributed by atoms with Crippen LogP contribution in [0.3, 0.4) is 0 Å². The van der Waals surface area contributed by atoms with Crippen molar-refractivity contribution in [2.75, 3.05) is 38.5 Å². The van der Waals surface area contributed by atoms with Crippen molar-refractivity contribution in [2.24, 2.45) is 0 Å². The first-order valence-electron chi connectivity index (χ1n) is 9.55. The van der Waals surface area contributed by atoms with E-state index in [0.29, 0.717) is 18.0 Å². The number of hydrazine groups is 1. The molecule has 26 heavy (non-hydrogen) atoms. The number of hydrogen-bond acceptors (Lipinski definition) is 5. The summed E-state index contributed by atoms with van der Waals surface area (Å²) in [5.74, 6) is -0.276. The molecule has 6 nitrogen and oxygen atoms in total. The number of carbonyl (C=O) groups excluding carboxylic acids is 1. The first-order chi connectivity index (χ1) is 12.5. The van der Waals surface area contributed by atoms with Gasteiger partial charge in [0.15, 0.2) is 0 Å². The number of fused-ring (bicyclic) bond motifs is 1. The van der Waals surface area contributed by atoms with Gasteiger partial charge in [-0.1, -0.05) is 6.07 Å². The molecule has 1 aromatic carbocycles. The van der Waals surface area contributed by atoms with Gasteiger partial charge in [0, 0.05) is 36.8 Å². The molecule has 0 aromatic heterocycles. The van der Waals surface area contributed by atoms with Crippen LogP contribution in [0.4, 0.5) is 10.1 Å². The maximum absolute atomic E-state index is 14.0. The third-order valence-corrected chi connectivity index (χ3v) is 5.94. The molecule has 2 atom stereocenters. The van der Waals surface area contributed by atoms with Crippen LogP contribution in [0.1, 0.15) is 24.0 Å². The molecular weight excluding hydrogens is 333 g/mol. The third kappa shape index (κ3) is 3.43. The van der Waals surface area contributed by atoms with E-state index in [1.54, 1.807) is 6.07 Å². The van der Waals surface area contributed by atoms with Crippen molar-refractivity contribution in [3.05, 3.63) is 29.1 Å². The lowest BCUT2D eigenvalue weighted by molar-refractivity contribution is -0.122. The van der Waals surface area contributed by atoms with Crippen LogP contribution in [-0.4, -0.2) is 67.2 Å². The normalized spacial score (nSPS) is 27.3. The van der Waals surface area contributed by atoms with E-state index < -0.39 is 6.04 Å². The number of hydrogen-bond donors (Lipinski definition) is 3. The summed E-state index contributed by atoms with van der Waals surface area (Å²) in [4.78, 5) is 15.0. The Morgan fingerprint density at radius 1 is 1.31 bits per heavy atom. The highest BCUT2D eigenvalue weighted by Gasteiger charge is 2.34. The lowest BCUT2D eigenvalue weighted by Gasteiger charge is -2.34. The Morgan fingerprint density at radius 3 is 2.81 bits per heavy atom. The molecule has 2 unspecified atom stereocenters. The lowest BCUT2D eigenvalue weighted by atomic mass is 10.0. The van der Waals surface area contributed by atoms with E-state index >= 15 is 0 Å². The maximum Gasteiger partial charge on any atom is 0.243 e. The number of nitrogens with one attached hydrogen (secondary N) is 3. The zero-order valence-electron chi connectivity index (χ0n) is 15.5. The van der Waals surface area contributed by atoms with E-state index in [1.165, 1.54) is 6.07 Å². The van der Waals surface area contributed by atoms with Crippen LogP contribution in [0.15, 0.2) is 12.1 Å². The van der Waals surface area contributed by atoms with Gasteiger partial charge in [-0.2, -0.15) is 0 Å². The molecule has 1 amide bonds. The Morgan fingerprint density at radius 2 is 2.08 bits per heavy atom. The van der Waals surface area contributed by atoms with Gasteiger partial charge in [-0.05, 0) is 51.5 Å². The van der Waals surface area contributed by atoms with Crippen molar-refractivity contribution in [1.82, 2.24) is 20.7 Å². The number of piperidine rings is 1. The van der Waals surface area contributed by atoms with E-state index in [-0.39, 0.29) is 17.8 Å². The van der Waals surface area contributed by atoms with Crippen LogP contribution in [0.2, 0.25) is 0 Å². The Hall–Kier alpha value is -1.70. The number of likely N-dealkylation sites (tertiary alicyclic amines) is 1. The highest BCUT2D eigenvalue weighted by atomic mass is 19.1. The van der Waals surface area contributed by atoms with Gasteiger partial charge in [-0.15, -0.1) is 0 Å². The van der Waals surface area contributed by atoms with E-state index in [1.807, 2.05) is 6.92 Å². The second kappa shape index (κ2) is 7.13. The molecule has 2 saturated heterocycles. The third-order valence-electron chi connectivity index (χ3n) is 5.94. The van der Waals surface area contributed by atoms with Crippen LogP contribution in [0.5, 0.6) is 0 Å². The minimum Gasteiger partial charge on any atom is -0.373 e. The number of amides is 1. The SMILES string of the molecule is Cc1ccc(F)c2c1NC(C(=O)NC1CNN(C3CCN(C)CC3)C1)C2. The number of anilines is 1. The van der Waals surface area contributed by atoms with Crippen molar-refractivity contribution in [3.8, 4) is 0 Å².